The first-order chi connectivity index (χ1) is 8.30. The SMILES string of the molecule is CC#CCNC1CC(C#N)(c2ccccc2)C1. The van der Waals surface area contributed by atoms with Crippen molar-refractivity contribution in [3.8, 4) is 17.9 Å². The third-order valence-corrected chi connectivity index (χ3v) is 3.39. The molecule has 1 aliphatic rings. The lowest BCUT2D eigenvalue weighted by atomic mass is 9.62. The Hall–Kier alpha value is -1.77. The van der Waals surface area contributed by atoms with Crippen LogP contribution in [0.3, 0.4) is 0 Å². The van der Waals surface area contributed by atoms with Gasteiger partial charge in [-0.15, -0.1) is 5.92 Å². The molecule has 0 atom stereocenters. The number of nitrogens with zero attached hydrogens (tertiary/aromatic N) is 1. The summed E-state index contributed by atoms with van der Waals surface area (Å²) in [7, 11) is 0. The molecule has 0 heterocycles. The van der Waals surface area contributed by atoms with Gasteiger partial charge in [0.25, 0.3) is 0 Å². The van der Waals surface area contributed by atoms with Crippen LogP contribution >= 0.6 is 0 Å². The van der Waals surface area contributed by atoms with Crippen LogP contribution < -0.4 is 5.32 Å². The molecular weight excluding hydrogens is 208 g/mol. The van der Waals surface area contributed by atoms with Gasteiger partial charge in [0.05, 0.1) is 18.0 Å². The van der Waals surface area contributed by atoms with E-state index in [-0.39, 0.29) is 5.41 Å². The highest BCUT2D eigenvalue weighted by atomic mass is 14.9. The molecule has 1 aromatic rings. The molecule has 17 heavy (non-hydrogen) atoms. The number of nitriles is 1. The smallest absolute Gasteiger partial charge is 0.0852 e. The Morgan fingerprint density at radius 2 is 2.06 bits per heavy atom. The van der Waals surface area contributed by atoms with Gasteiger partial charge in [-0.3, -0.25) is 0 Å². The highest BCUT2D eigenvalue weighted by Gasteiger charge is 2.45. The molecule has 2 nitrogen and oxygen atoms in total. The Bertz CT molecular complexity index is 467. The molecule has 2 rings (SSSR count). The predicted octanol–water partition coefficient (Wildman–Crippen LogP) is 2.22. The first-order valence-corrected chi connectivity index (χ1v) is 5.90. The van der Waals surface area contributed by atoms with E-state index >= 15 is 0 Å². The van der Waals surface area contributed by atoms with Crippen LogP contribution in [0.1, 0.15) is 25.3 Å². The Balaban J connectivity index is 1.98. The van der Waals surface area contributed by atoms with Gasteiger partial charge in [0, 0.05) is 6.04 Å². The molecule has 1 fully saturated rings. The number of nitrogens with one attached hydrogen (secondary N) is 1. The quantitative estimate of drug-likeness (QED) is 0.799. The normalized spacial score (nSPS) is 26.2. The minimum atomic E-state index is -0.279. The third-order valence-electron chi connectivity index (χ3n) is 3.39. The molecule has 1 aliphatic carbocycles. The van der Waals surface area contributed by atoms with Crippen LogP contribution in [0.5, 0.6) is 0 Å². The number of hydrogen-bond donors (Lipinski definition) is 1. The molecule has 0 aliphatic heterocycles. The molecule has 1 N–H and O–H groups in total. The highest BCUT2D eigenvalue weighted by molar-refractivity contribution is 5.36. The monoisotopic (exact) mass is 224 g/mol. The Morgan fingerprint density at radius 3 is 2.65 bits per heavy atom. The number of rotatable bonds is 3. The van der Waals surface area contributed by atoms with Crippen molar-refractivity contribution in [3.05, 3.63) is 35.9 Å². The lowest BCUT2D eigenvalue weighted by molar-refractivity contribution is 0.233. The second kappa shape index (κ2) is 5.04. The number of benzene rings is 1. The molecule has 1 saturated carbocycles. The van der Waals surface area contributed by atoms with Crippen molar-refractivity contribution in [3.63, 3.8) is 0 Å². The van der Waals surface area contributed by atoms with Crippen LogP contribution in [-0.4, -0.2) is 12.6 Å². The Kier molecular flexibility index (Phi) is 3.47. The predicted molar refractivity (Wildman–Crippen MR) is 68.2 cm³/mol. The summed E-state index contributed by atoms with van der Waals surface area (Å²) >= 11 is 0. The van der Waals surface area contributed by atoms with Gasteiger partial charge in [-0.1, -0.05) is 36.3 Å². The summed E-state index contributed by atoms with van der Waals surface area (Å²) in [5, 5.41) is 12.7. The van der Waals surface area contributed by atoms with Crippen molar-refractivity contribution in [2.45, 2.75) is 31.2 Å². The summed E-state index contributed by atoms with van der Waals surface area (Å²) < 4.78 is 0. The summed E-state index contributed by atoms with van der Waals surface area (Å²) in [4.78, 5) is 0. The maximum atomic E-state index is 9.37. The average molecular weight is 224 g/mol. The maximum Gasteiger partial charge on any atom is 0.0852 e. The average Bonchev–Trinajstić information content (AvgIpc) is 2.34. The van der Waals surface area contributed by atoms with Gasteiger partial charge in [-0.05, 0) is 25.3 Å². The van der Waals surface area contributed by atoms with E-state index in [0.29, 0.717) is 6.04 Å². The molecular formula is C15H16N2. The van der Waals surface area contributed by atoms with Crippen molar-refractivity contribution in [1.82, 2.24) is 5.32 Å². The summed E-state index contributed by atoms with van der Waals surface area (Å²) in [6.07, 6.45) is 1.78. The lowest BCUT2D eigenvalue weighted by Gasteiger charge is -2.43. The standard InChI is InChI=1S/C15H16N2/c1-2-3-9-17-14-10-15(11-14,12-16)13-7-5-4-6-8-13/h4-8,14,17H,9-11H2,1H3. The molecule has 2 heteroatoms. The van der Waals surface area contributed by atoms with Crippen molar-refractivity contribution in [1.29, 1.82) is 5.26 Å². The molecule has 0 saturated heterocycles. The molecule has 0 unspecified atom stereocenters. The molecule has 0 bridgehead atoms. The van der Waals surface area contributed by atoms with Crippen molar-refractivity contribution >= 4 is 0 Å². The van der Waals surface area contributed by atoms with Crippen molar-refractivity contribution in [2.24, 2.45) is 0 Å². The highest BCUT2D eigenvalue weighted by Crippen LogP contribution is 2.43. The summed E-state index contributed by atoms with van der Waals surface area (Å²) in [6.45, 7) is 2.56. The van der Waals surface area contributed by atoms with Crippen LogP contribution in [0.2, 0.25) is 0 Å². The summed E-state index contributed by atoms with van der Waals surface area (Å²) in [5.41, 5.74) is 0.862. The lowest BCUT2D eigenvalue weighted by Crippen LogP contribution is -2.51. The van der Waals surface area contributed by atoms with Gasteiger partial charge in [0.15, 0.2) is 0 Å². The molecule has 0 aromatic heterocycles. The first kappa shape index (κ1) is 11.7. The van der Waals surface area contributed by atoms with E-state index in [4.69, 9.17) is 0 Å². The van der Waals surface area contributed by atoms with E-state index in [0.717, 1.165) is 24.9 Å². The third kappa shape index (κ3) is 2.33. The minimum Gasteiger partial charge on any atom is -0.303 e. The van der Waals surface area contributed by atoms with E-state index in [1.807, 2.05) is 37.3 Å². The zero-order valence-corrected chi connectivity index (χ0v) is 10.0. The van der Waals surface area contributed by atoms with E-state index in [2.05, 4.69) is 23.2 Å². The first-order valence-electron chi connectivity index (χ1n) is 5.90. The molecule has 86 valence electrons. The molecule has 0 radical (unpaired) electrons. The van der Waals surface area contributed by atoms with Crippen molar-refractivity contribution < 1.29 is 0 Å². The molecule has 1 aromatic carbocycles. The fourth-order valence-corrected chi connectivity index (χ4v) is 2.36. The maximum absolute atomic E-state index is 9.37. The fourth-order valence-electron chi connectivity index (χ4n) is 2.36. The topological polar surface area (TPSA) is 35.8 Å². The van der Waals surface area contributed by atoms with Gasteiger partial charge < -0.3 is 5.32 Å². The molecule has 0 spiro atoms. The largest absolute Gasteiger partial charge is 0.303 e. The second-order valence-corrected chi connectivity index (χ2v) is 4.47. The van der Waals surface area contributed by atoms with Crippen LogP contribution in [0.25, 0.3) is 0 Å². The van der Waals surface area contributed by atoms with E-state index in [1.54, 1.807) is 0 Å². The molecule has 0 amide bonds. The van der Waals surface area contributed by atoms with Crippen LogP contribution in [0, 0.1) is 23.2 Å². The van der Waals surface area contributed by atoms with Crippen molar-refractivity contribution in [2.75, 3.05) is 6.54 Å². The van der Waals surface area contributed by atoms with Gasteiger partial charge in [-0.2, -0.15) is 5.26 Å². The number of hydrogen-bond acceptors (Lipinski definition) is 2. The second-order valence-electron chi connectivity index (χ2n) is 4.47. The van der Waals surface area contributed by atoms with Gasteiger partial charge in [0.2, 0.25) is 0 Å². The zero-order valence-electron chi connectivity index (χ0n) is 10.0. The van der Waals surface area contributed by atoms with Crippen LogP contribution in [0.4, 0.5) is 0 Å². The van der Waals surface area contributed by atoms with Crippen LogP contribution in [0.15, 0.2) is 30.3 Å². The summed E-state index contributed by atoms with van der Waals surface area (Å²) in [6, 6.07) is 13.0. The summed E-state index contributed by atoms with van der Waals surface area (Å²) in [5.74, 6) is 5.85. The Labute approximate surface area is 103 Å². The van der Waals surface area contributed by atoms with Gasteiger partial charge >= 0.3 is 0 Å². The van der Waals surface area contributed by atoms with E-state index in [1.165, 1.54) is 0 Å². The van der Waals surface area contributed by atoms with Gasteiger partial charge in [-0.25, -0.2) is 0 Å². The zero-order chi connectivity index (χ0) is 12.1. The van der Waals surface area contributed by atoms with E-state index < -0.39 is 0 Å². The van der Waals surface area contributed by atoms with E-state index in [9.17, 15) is 5.26 Å². The fraction of sp³-hybridized carbons (Fsp3) is 0.400. The minimum absolute atomic E-state index is 0.279. The Morgan fingerprint density at radius 1 is 1.35 bits per heavy atom. The van der Waals surface area contributed by atoms with Crippen LogP contribution in [-0.2, 0) is 5.41 Å². The van der Waals surface area contributed by atoms with Gasteiger partial charge in [0.1, 0.15) is 0 Å².